The van der Waals surface area contributed by atoms with Gasteiger partial charge in [0.2, 0.25) is 5.91 Å². The number of carbonyl (C=O) groups excluding carboxylic acids is 1. The number of amides is 1. The molecule has 1 aliphatic carbocycles. The van der Waals surface area contributed by atoms with Gasteiger partial charge in [-0.15, -0.1) is 11.3 Å². The molecule has 2 rings (SSSR count). The van der Waals surface area contributed by atoms with E-state index in [1.165, 1.54) is 12.8 Å². The van der Waals surface area contributed by atoms with E-state index >= 15 is 0 Å². The monoisotopic (exact) mass is 264 g/mol. The first-order valence-electron chi connectivity index (χ1n) is 6.51. The fraction of sp³-hybridized carbons (Fsp3) is 0.571. The third-order valence-electron chi connectivity index (χ3n) is 3.15. The molecule has 0 bridgehead atoms. The van der Waals surface area contributed by atoms with Crippen LogP contribution in [0, 0.1) is 12.8 Å². The van der Waals surface area contributed by atoms with Crippen LogP contribution in [0.2, 0.25) is 0 Å². The number of aryl methyl sites for hydroxylation is 1. The van der Waals surface area contributed by atoms with Crippen molar-refractivity contribution in [1.29, 1.82) is 0 Å². The Labute approximate surface area is 112 Å². The molecule has 0 unspecified atom stereocenters. The zero-order valence-corrected chi connectivity index (χ0v) is 12.0. The Kier molecular flexibility index (Phi) is 4.17. The van der Waals surface area contributed by atoms with Gasteiger partial charge in [0.05, 0.1) is 6.04 Å². The smallest absolute Gasteiger partial charge is 0.247 e. The number of thiazole rings is 1. The SMILES string of the molecule is CC/C=C(/C)C(=O)N[C@H](c1nc(C)cs1)C1CC1. The molecule has 1 heterocycles. The summed E-state index contributed by atoms with van der Waals surface area (Å²) in [6.07, 6.45) is 5.25. The molecule has 1 aliphatic rings. The van der Waals surface area contributed by atoms with Crippen molar-refractivity contribution < 1.29 is 4.79 Å². The van der Waals surface area contributed by atoms with E-state index in [1.807, 2.05) is 32.2 Å². The first-order chi connectivity index (χ1) is 8.61. The second-order valence-electron chi connectivity index (χ2n) is 4.91. The Morgan fingerprint density at radius 1 is 1.67 bits per heavy atom. The Morgan fingerprint density at radius 2 is 2.39 bits per heavy atom. The highest BCUT2D eigenvalue weighted by Crippen LogP contribution is 2.41. The highest BCUT2D eigenvalue weighted by molar-refractivity contribution is 7.09. The molecule has 98 valence electrons. The molecule has 1 amide bonds. The summed E-state index contributed by atoms with van der Waals surface area (Å²) in [6.45, 7) is 5.91. The molecule has 1 N–H and O–H groups in total. The van der Waals surface area contributed by atoms with Gasteiger partial charge in [-0.2, -0.15) is 0 Å². The predicted molar refractivity (Wildman–Crippen MR) is 74.5 cm³/mol. The van der Waals surface area contributed by atoms with Crippen molar-refractivity contribution in [2.45, 2.75) is 46.1 Å². The number of nitrogens with zero attached hydrogens (tertiary/aromatic N) is 1. The maximum atomic E-state index is 12.1. The van der Waals surface area contributed by atoms with Crippen molar-refractivity contribution >= 4 is 17.2 Å². The van der Waals surface area contributed by atoms with E-state index in [9.17, 15) is 4.79 Å². The van der Waals surface area contributed by atoms with Crippen molar-refractivity contribution in [2.75, 3.05) is 0 Å². The number of hydrogen-bond acceptors (Lipinski definition) is 3. The average Bonchev–Trinajstić information content (AvgIpc) is 3.08. The number of hydrogen-bond donors (Lipinski definition) is 1. The van der Waals surface area contributed by atoms with Crippen LogP contribution in [0.3, 0.4) is 0 Å². The van der Waals surface area contributed by atoms with Crippen LogP contribution in [0.5, 0.6) is 0 Å². The third kappa shape index (κ3) is 3.19. The summed E-state index contributed by atoms with van der Waals surface area (Å²) < 4.78 is 0. The van der Waals surface area contributed by atoms with E-state index in [0.29, 0.717) is 5.92 Å². The number of nitrogens with one attached hydrogen (secondary N) is 1. The molecule has 0 radical (unpaired) electrons. The minimum absolute atomic E-state index is 0.0432. The Bertz CT molecular complexity index is 460. The van der Waals surface area contributed by atoms with Crippen molar-refractivity contribution in [3.05, 3.63) is 27.7 Å². The topological polar surface area (TPSA) is 42.0 Å². The first-order valence-corrected chi connectivity index (χ1v) is 7.39. The van der Waals surface area contributed by atoms with Gasteiger partial charge in [-0.1, -0.05) is 13.0 Å². The number of rotatable bonds is 5. The van der Waals surface area contributed by atoms with Crippen LogP contribution in [0.1, 0.15) is 49.9 Å². The van der Waals surface area contributed by atoms with E-state index in [2.05, 4.69) is 10.3 Å². The standard InChI is InChI=1S/C14H20N2OS/c1-4-5-9(2)13(17)16-12(11-6-7-11)14-15-10(3)8-18-14/h5,8,11-12H,4,6-7H2,1-3H3,(H,16,17)/b9-5-/t12-/m0/s1. The Morgan fingerprint density at radius 3 is 2.89 bits per heavy atom. The summed E-state index contributed by atoms with van der Waals surface area (Å²) in [5.74, 6) is 0.621. The van der Waals surface area contributed by atoms with Gasteiger partial charge in [-0.05, 0) is 39.0 Å². The summed E-state index contributed by atoms with van der Waals surface area (Å²) in [5.41, 5.74) is 1.84. The lowest BCUT2D eigenvalue weighted by molar-refractivity contribution is -0.118. The molecule has 0 aliphatic heterocycles. The maximum Gasteiger partial charge on any atom is 0.247 e. The maximum absolute atomic E-state index is 12.1. The van der Waals surface area contributed by atoms with Crippen LogP contribution in [-0.4, -0.2) is 10.9 Å². The van der Waals surface area contributed by atoms with Crippen LogP contribution < -0.4 is 5.32 Å². The van der Waals surface area contributed by atoms with Gasteiger partial charge in [0, 0.05) is 16.6 Å². The quantitative estimate of drug-likeness (QED) is 0.828. The Hall–Kier alpha value is -1.16. The van der Waals surface area contributed by atoms with E-state index in [4.69, 9.17) is 0 Å². The predicted octanol–water partition coefficient (Wildman–Crippen LogP) is 3.38. The second kappa shape index (κ2) is 5.65. The molecule has 1 saturated carbocycles. The molecule has 3 nitrogen and oxygen atoms in total. The number of allylic oxidation sites excluding steroid dienone is 1. The molecule has 4 heteroatoms. The minimum Gasteiger partial charge on any atom is -0.343 e. The van der Waals surface area contributed by atoms with E-state index < -0.39 is 0 Å². The molecule has 18 heavy (non-hydrogen) atoms. The summed E-state index contributed by atoms with van der Waals surface area (Å²) in [6, 6.07) is 0.108. The molecule has 1 aromatic rings. The molecular weight excluding hydrogens is 244 g/mol. The Balaban J connectivity index is 2.08. The minimum atomic E-state index is 0.0432. The highest BCUT2D eigenvalue weighted by atomic mass is 32.1. The summed E-state index contributed by atoms with van der Waals surface area (Å²) in [5, 5.41) is 6.23. The summed E-state index contributed by atoms with van der Waals surface area (Å²) >= 11 is 1.65. The molecule has 1 atom stereocenters. The third-order valence-corrected chi connectivity index (χ3v) is 4.20. The highest BCUT2D eigenvalue weighted by Gasteiger charge is 2.35. The molecule has 1 aromatic heterocycles. The lowest BCUT2D eigenvalue weighted by Crippen LogP contribution is -2.30. The number of carbonyl (C=O) groups is 1. The summed E-state index contributed by atoms with van der Waals surface area (Å²) in [4.78, 5) is 16.6. The largest absolute Gasteiger partial charge is 0.343 e. The molecular formula is C14H20N2OS. The van der Waals surface area contributed by atoms with Crippen LogP contribution in [0.15, 0.2) is 17.0 Å². The van der Waals surface area contributed by atoms with Gasteiger partial charge in [-0.3, -0.25) is 4.79 Å². The zero-order chi connectivity index (χ0) is 13.1. The lowest BCUT2D eigenvalue weighted by atomic mass is 10.1. The normalized spacial score (nSPS) is 17.6. The fourth-order valence-electron chi connectivity index (χ4n) is 1.98. The second-order valence-corrected chi connectivity index (χ2v) is 5.80. The fourth-order valence-corrected chi connectivity index (χ4v) is 2.92. The molecule has 0 aromatic carbocycles. The van der Waals surface area contributed by atoms with E-state index in [1.54, 1.807) is 11.3 Å². The first kappa shape index (κ1) is 13.3. The van der Waals surface area contributed by atoms with E-state index in [0.717, 1.165) is 22.7 Å². The average molecular weight is 264 g/mol. The molecule has 0 spiro atoms. The number of aromatic nitrogens is 1. The molecule has 1 fully saturated rings. The van der Waals surface area contributed by atoms with Gasteiger partial charge in [0.25, 0.3) is 0 Å². The van der Waals surface area contributed by atoms with Crippen molar-refractivity contribution in [3.8, 4) is 0 Å². The van der Waals surface area contributed by atoms with Crippen molar-refractivity contribution in [3.63, 3.8) is 0 Å². The summed E-state index contributed by atoms with van der Waals surface area (Å²) in [7, 11) is 0. The lowest BCUT2D eigenvalue weighted by Gasteiger charge is -2.16. The van der Waals surface area contributed by atoms with Crippen LogP contribution in [-0.2, 0) is 4.79 Å². The zero-order valence-electron chi connectivity index (χ0n) is 11.2. The van der Waals surface area contributed by atoms with Crippen LogP contribution in [0.25, 0.3) is 0 Å². The van der Waals surface area contributed by atoms with Gasteiger partial charge >= 0.3 is 0 Å². The van der Waals surface area contributed by atoms with Crippen molar-refractivity contribution in [2.24, 2.45) is 5.92 Å². The molecule has 0 saturated heterocycles. The van der Waals surface area contributed by atoms with Gasteiger partial charge in [0.1, 0.15) is 5.01 Å². The van der Waals surface area contributed by atoms with Crippen molar-refractivity contribution in [1.82, 2.24) is 10.3 Å². The van der Waals surface area contributed by atoms with Gasteiger partial charge < -0.3 is 5.32 Å². The van der Waals surface area contributed by atoms with E-state index in [-0.39, 0.29) is 11.9 Å². The van der Waals surface area contributed by atoms with Gasteiger partial charge in [0.15, 0.2) is 0 Å². The van der Waals surface area contributed by atoms with Gasteiger partial charge in [-0.25, -0.2) is 4.98 Å². The van der Waals surface area contributed by atoms with Crippen LogP contribution >= 0.6 is 11.3 Å². The van der Waals surface area contributed by atoms with Crippen LogP contribution in [0.4, 0.5) is 0 Å².